The van der Waals surface area contributed by atoms with E-state index in [1.165, 1.54) is 6.07 Å². The minimum absolute atomic E-state index is 0.179. The van der Waals surface area contributed by atoms with Gasteiger partial charge in [-0.25, -0.2) is 18.7 Å². The van der Waals surface area contributed by atoms with Gasteiger partial charge in [-0.3, -0.25) is 0 Å². The summed E-state index contributed by atoms with van der Waals surface area (Å²) in [5.41, 5.74) is 0.612. The minimum Gasteiger partial charge on any atom is -0.370 e. The summed E-state index contributed by atoms with van der Waals surface area (Å²) in [6.45, 7) is 2.84. The van der Waals surface area contributed by atoms with Gasteiger partial charge in [0.15, 0.2) is 0 Å². The fraction of sp³-hybridized carbons (Fsp3) is 0.375. The fourth-order valence-corrected chi connectivity index (χ4v) is 2.17. The Bertz CT molecular complexity index is 654. The molecule has 0 spiro atoms. The zero-order chi connectivity index (χ0) is 14.8. The first-order chi connectivity index (χ1) is 10.2. The molecule has 1 aromatic heterocycles. The van der Waals surface area contributed by atoms with Crippen LogP contribution in [0.3, 0.4) is 0 Å². The molecule has 1 heterocycles. The van der Waals surface area contributed by atoms with Crippen molar-refractivity contribution in [3.63, 3.8) is 0 Å². The minimum atomic E-state index is -0.474. The van der Waals surface area contributed by atoms with Gasteiger partial charge in [0.1, 0.15) is 23.3 Å². The van der Waals surface area contributed by atoms with Crippen molar-refractivity contribution in [2.75, 3.05) is 11.9 Å². The summed E-state index contributed by atoms with van der Waals surface area (Å²) in [6.07, 6.45) is 3.08. The van der Waals surface area contributed by atoms with Gasteiger partial charge in [0.05, 0.1) is 5.69 Å². The highest BCUT2D eigenvalue weighted by atomic mass is 19.1. The average Bonchev–Trinajstić information content (AvgIpc) is 3.32. The van der Waals surface area contributed by atoms with Gasteiger partial charge in [-0.1, -0.05) is 6.92 Å². The van der Waals surface area contributed by atoms with Crippen molar-refractivity contribution in [1.29, 1.82) is 0 Å². The molecule has 110 valence electrons. The average molecular weight is 289 g/mol. The number of nitrogens with one attached hydrogen (secondary N) is 1. The molecule has 1 fully saturated rings. The van der Waals surface area contributed by atoms with Crippen molar-refractivity contribution >= 4 is 5.82 Å². The molecule has 0 atom stereocenters. The van der Waals surface area contributed by atoms with Crippen LogP contribution in [0.25, 0.3) is 11.3 Å². The molecule has 1 aliphatic carbocycles. The van der Waals surface area contributed by atoms with Gasteiger partial charge >= 0.3 is 0 Å². The summed E-state index contributed by atoms with van der Waals surface area (Å²) in [5.74, 6) is 0.797. The van der Waals surface area contributed by atoms with Crippen molar-refractivity contribution in [1.82, 2.24) is 9.97 Å². The predicted molar refractivity (Wildman–Crippen MR) is 78.1 cm³/mol. The van der Waals surface area contributed by atoms with E-state index in [-0.39, 0.29) is 5.56 Å². The molecule has 1 saturated carbocycles. The molecule has 1 N–H and O–H groups in total. The van der Waals surface area contributed by atoms with Gasteiger partial charge < -0.3 is 5.32 Å². The molecule has 1 aliphatic rings. The Kier molecular flexibility index (Phi) is 3.82. The number of nitrogens with zero attached hydrogens (tertiary/aromatic N) is 2. The Labute approximate surface area is 122 Å². The van der Waals surface area contributed by atoms with E-state index < -0.39 is 11.6 Å². The molecule has 5 heteroatoms. The van der Waals surface area contributed by atoms with E-state index in [1.54, 1.807) is 6.07 Å². The smallest absolute Gasteiger partial charge is 0.134 e. The lowest BCUT2D eigenvalue weighted by atomic mass is 10.1. The van der Waals surface area contributed by atoms with Crippen molar-refractivity contribution in [3.05, 3.63) is 41.7 Å². The molecule has 0 bridgehead atoms. The van der Waals surface area contributed by atoms with Gasteiger partial charge in [0, 0.05) is 24.1 Å². The normalized spacial score (nSPS) is 14.2. The lowest BCUT2D eigenvalue weighted by Gasteiger charge is -2.10. The van der Waals surface area contributed by atoms with Gasteiger partial charge in [-0.15, -0.1) is 0 Å². The van der Waals surface area contributed by atoms with Crippen LogP contribution >= 0.6 is 0 Å². The van der Waals surface area contributed by atoms with E-state index in [2.05, 4.69) is 22.2 Å². The van der Waals surface area contributed by atoms with E-state index in [4.69, 9.17) is 0 Å². The van der Waals surface area contributed by atoms with Crippen molar-refractivity contribution in [2.24, 2.45) is 0 Å². The zero-order valence-corrected chi connectivity index (χ0v) is 11.9. The van der Waals surface area contributed by atoms with Gasteiger partial charge in [0.25, 0.3) is 0 Å². The maximum atomic E-state index is 13.9. The molecule has 3 nitrogen and oxygen atoms in total. The molecule has 3 rings (SSSR count). The van der Waals surface area contributed by atoms with Crippen LogP contribution in [0.15, 0.2) is 24.3 Å². The topological polar surface area (TPSA) is 37.8 Å². The standard InChI is InChI=1S/C16H17F2N3/c1-2-7-19-15-9-14(20-16(21-15)10-3-4-10)12-8-11(17)5-6-13(12)18/h5-6,8-10H,2-4,7H2,1H3,(H,19,20,21). The van der Waals surface area contributed by atoms with Crippen LogP contribution in [0, 0.1) is 11.6 Å². The van der Waals surface area contributed by atoms with Gasteiger partial charge in [0.2, 0.25) is 0 Å². The molecule has 0 amide bonds. The van der Waals surface area contributed by atoms with Crippen LogP contribution in [-0.4, -0.2) is 16.5 Å². The number of rotatable bonds is 5. The molecule has 2 aromatic rings. The Morgan fingerprint density at radius 3 is 2.71 bits per heavy atom. The molecule has 0 radical (unpaired) electrons. The highest BCUT2D eigenvalue weighted by molar-refractivity contribution is 5.63. The van der Waals surface area contributed by atoms with Crippen LogP contribution in [-0.2, 0) is 0 Å². The fourth-order valence-electron chi connectivity index (χ4n) is 2.17. The van der Waals surface area contributed by atoms with E-state index in [0.717, 1.165) is 43.8 Å². The van der Waals surface area contributed by atoms with Crippen LogP contribution < -0.4 is 5.32 Å². The van der Waals surface area contributed by atoms with Crippen molar-refractivity contribution < 1.29 is 8.78 Å². The van der Waals surface area contributed by atoms with E-state index >= 15 is 0 Å². The Hall–Kier alpha value is -2.04. The number of anilines is 1. The van der Waals surface area contributed by atoms with E-state index in [1.807, 2.05) is 0 Å². The third-order valence-electron chi connectivity index (χ3n) is 3.45. The zero-order valence-electron chi connectivity index (χ0n) is 11.9. The summed E-state index contributed by atoms with van der Waals surface area (Å²) >= 11 is 0. The maximum Gasteiger partial charge on any atom is 0.134 e. The molecule has 0 unspecified atom stereocenters. The lowest BCUT2D eigenvalue weighted by molar-refractivity contribution is 0.602. The van der Waals surface area contributed by atoms with Crippen LogP contribution in [0.4, 0.5) is 14.6 Å². The molecular formula is C16H17F2N3. The predicted octanol–water partition coefficient (Wildman–Crippen LogP) is 4.12. The Balaban J connectivity index is 2.03. The largest absolute Gasteiger partial charge is 0.370 e. The van der Waals surface area contributed by atoms with Gasteiger partial charge in [-0.2, -0.15) is 0 Å². The van der Waals surface area contributed by atoms with Crippen LogP contribution in [0.1, 0.15) is 37.9 Å². The van der Waals surface area contributed by atoms with Crippen LogP contribution in [0.2, 0.25) is 0 Å². The number of aromatic nitrogens is 2. The van der Waals surface area contributed by atoms with Crippen LogP contribution in [0.5, 0.6) is 0 Å². The summed E-state index contributed by atoms with van der Waals surface area (Å²) in [5, 5.41) is 3.19. The second kappa shape index (κ2) is 5.76. The maximum absolute atomic E-state index is 13.9. The SMILES string of the molecule is CCCNc1cc(-c2cc(F)ccc2F)nc(C2CC2)n1. The summed E-state index contributed by atoms with van der Waals surface area (Å²) in [4.78, 5) is 8.89. The quantitative estimate of drug-likeness (QED) is 0.899. The highest BCUT2D eigenvalue weighted by Crippen LogP contribution is 2.39. The monoisotopic (exact) mass is 289 g/mol. The highest BCUT2D eigenvalue weighted by Gasteiger charge is 2.27. The second-order valence-corrected chi connectivity index (χ2v) is 5.32. The molecular weight excluding hydrogens is 272 g/mol. The molecule has 0 aliphatic heterocycles. The van der Waals surface area contributed by atoms with E-state index in [9.17, 15) is 8.78 Å². The Morgan fingerprint density at radius 1 is 1.19 bits per heavy atom. The summed E-state index contributed by atoms with van der Waals surface area (Å²) in [7, 11) is 0. The first kappa shape index (κ1) is 13.9. The number of hydrogen-bond acceptors (Lipinski definition) is 3. The van der Waals surface area contributed by atoms with Crippen molar-refractivity contribution in [3.8, 4) is 11.3 Å². The first-order valence-corrected chi connectivity index (χ1v) is 7.25. The molecule has 1 aromatic carbocycles. The third kappa shape index (κ3) is 3.17. The van der Waals surface area contributed by atoms with Gasteiger partial charge in [-0.05, 0) is 37.5 Å². The molecule has 0 saturated heterocycles. The molecule has 21 heavy (non-hydrogen) atoms. The summed E-state index contributed by atoms with van der Waals surface area (Å²) in [6, 6.07) is 5.10. The number of halogens is 2. The third-order valence-corrected chi connectivity index (χ3v) is 3.45. The second-order valence-electron chi connectivity index (χ2n) is 5.32. The lowest BCUT2D eigenvalue weighted by Crippen LogP contribution is -2.06. The van der Waals surface area contributed by atoms with E-state index in [0.29, 0.717) is 17.4 Å². The number of benzene rings is 1. The first-order valence-electron chi connectivity index (χ1n) is 7.25. The Morgan fingerprint density at radius 2 is 2.00 bits per heavy atom. The summed E-state index contributed by atoms with van der Waals surface area (Å²) < 4.78 is 27.3. The number of hydrogen-bond donors (Lipinski definition) is 1. The van der Waals surface area contributed by atoms with Crippen molar-refractivity contribution in [2.45, 2.75) is 32.1 Å².